The van der Waals surface area contributed by atoms with Gasteiger partial charge < -0.3 is 19.2 Å². The van der Waals surface area contributed by atoms with Crippen molar-refractivity contribution in [1.82, 2.24) is 5.32 Å². The van der Waals surface area contributed by atoms with Crippen molar-refractivity contribution in [2.45, 2.75) is 47.0 Å². The summed E-state index contributed by atoms with van der Waals surface area (Å²) in [5, 5.41) is 3.38. The van der Waals surface area contributed by atoms with E-state index in [2.05, 4.69) is 19.2 Å². The van der Waals surface area contributed by atoms with Crippen LogP contribution in [0.4, 0.5) is 0 Å². The molecule has 1 rings (SSSR count). The lowest BCUT2D eigenvalue weighted by molar-refractivity contribution is -0.0121. The van der Waals surface area contributed by atoms with Gasteiger partial charge in [0.1, 0.15) is 5.76 Å². The summed E-state index contributed by atoms with van der Waals surface area (Å²) in [5.41, 5.74) is 1.11. The molecular formula is C15H27NO3. The Hall–Kier alpha value is -0.840. The molecule has 0 aliphatic carbocycles. The van der Waals surface area contributed by atoms with Gasteiger partial charge in [-0.05, 0) is 32.4 Å². The lowest BCUT2D eigenvalue weighted by Gasteiger charge is -2.13. The van der Waals surface area contributed by atoms with Crippen molar-refractivity contribution in [3.05, 3.63) is 23.7 Å². The number of furan rings is 1. The quantitative estimate of drug-likeness (QED) is 0.709. The Balaban J connectivity index is 2.31. The molecule has 1 heterocycles. The molecule has 1 atom stereocenters. The molecular weight excluding hydrogens is 242 g/mol. The van der Waals surface area contributed by atoms with Gasteiger partial charge in [0.05, 0.1) is 32.1 Å². The molecule has 4 nitrogen and oxygen atoms in total. The number of rotatable bonds is 10. The highest BCUT2D eigenvalue weighted by Gasteiger charge is 2.09. The van der Waals surface area contributed by atoms with Gasteiger partial charge in [0.2, 0.25) is 0 Å². The number of hydrogen-bond acceptors (Lipinski definition) is 4. The summed E-state index contributed by atoms with van der Waals surface area (Å²) in [4.78, 5) is 0. The molecule has 0 aromatic carbocycles. The smallest absolute Gasteiger partial charge is 0.123 e. The Morgan fingerprint density at radius 3 is 2.79 bits per heavy atom. The van der Waals surface area contributed by atoms with Crippen LogP contribution in [0.2, 0.25) is 0 Å². The second-order valence-electron chi connectivity index (χ2n) is 5.17. The second kappa shape index (κ2) is 9.13. The van der Waals surface area contributed by atoms with E-state index in [0.717, 1.165) is 31.0 Å². The van der Waals surface area contributed by atoms with Crippen LogP contribution < -0.4 is 5.32 Å². The minimum absolute atomic E-state index is 0.103. The SMILES string of the molecule is CCOCC(C)OCc1ccoc1CNCC(C)C. The summed E-state index contributed by atoms with van der Waals surface area (Å²) in [5.74, 6) is 1.60. The Bertz CT molecular complexity index is 336. The van der Waals surface area contributed by atoms with E-state index in [4.69, 9.17) is 13.9 Å². The lowest BCUT2D eigenvalue weighted by atomic mass is 10.2. The summed E-state index contributed by atoms with van der Waals surface area (Å²) in [6.45, 7) is 12.1. The predicted octanol–water partition coefficient (Wildman–Crippen LogP) is 2.97. The van der Waals surface area contributed by atoms with Crippen molar-refractivity contribution in [3.63, 3.8) is 0 Å². The maximum atomic E-state index is 5.74. The number of ether oxygens (including phenoxy) is 2. The van der Waals surface area contributed by atoms with Gasteiger partial charge in [0, 0.05) is 12.2 Å². The van der Waals surface area contributed by atoms with Crippen LogP contribution in [0, 0.1) is 5.92 Å². The van der Waals surface area contributed by atoms with E-state index in [1.807, 2.05) is 19.9 Å². The normalized spacial score (nSPS) is 13.1. The third kappa shape index (κ3) is 6.76. The first kappa shape index (κ1) is 16.2. The molecule has 1 unspecified atom stereocenters. The number of hydrogen-bond donors (Lipinski definition) is 1. The van der Waals surface area contributed by atoms with Crippen molar-refractivity contribution in [2.24, 2.45) is 5.92 Å². The van der Waals surface area contributed by atoms with Crippen molar-refractivity contribution in [1.29, 1.82) is 0 Å². The minimum atomic E-state index is 0.103. The molecule has 0 spiro atoms. The Labute approximate surface area is 116 Å². The summed E-state index contributed by atoms with van der Waals surface area (Å²) in [6.07, 6.45) is 1.82. The molecule has 4 heteroatoms. The first-order valence-corrected chi connectivity index (χ1v) is 7.08. The zero-order valence-electron chi connectivity index (χ0n) is 12.6. The molecule has 0 aliphatic rings. The molecule has 19 heavy (non-hydrogen) atoms. The Kier molecular flexibility index (Phi) is 7.79. The van der Waals surface area contributed by atoms with Crippen LogP contribution in [0.15, 0.2) is 16.7 Å². The van der Waals surface area contributed by atoms with E-state index in [-0.39, 0.29) is 6.10 Å². The highest BCUT2D eigenvalue weighted by atomic mass is 16.5. The monoisotopic (exact) mass is 269 g/mol. The summed E-state index contributed by atoms with van der Waals surface area (Å²) in [7, 11) is 0. The molecule has 0 amide bonds. The van der Waals surface area contributed by atoms with Crippen LogP contribution in [0.25, 0.3) is 0 Å². The molecule has 0 saturated heterocycles. The molecule has 0 fully saturated rings. The standard InChI is InChI=1S/C15H27NO3/c1-5-17-10-13(4)19-11-14-6-7-18-15(14)9-16-8-12(2)3/h6-7,12-13,16H,5,8-11H2,1-4H3. The maximum absolute atomic E-state index is 5.74. The Morgan fingerprint density at radius 2 is 2.11 bits per heavy atom. The zero-order valence-corrected chi connectivity index (χ0v) is 12.6. The molecule has 0 radical (unpaired) electrons. The minimum Gasteiger partial charge on any atom is -0.468 e. The van der Waals surface area contributed by atoms with Gasteiger partial charge >= 0.3 is 0 Å². The van der Waals surface area contributed by atoms with Crippen LogP contribution in [0.5, 0.6) is 0 Å². The van der Waals surface area contributed by atoms with Gasteiger partial charge in [-0.3, -0.25) is 0 Å². The first-order valence-electron chi connectivity index (χ1n) is 7.08. The fourth-order valence-corrected chi connectivity index (χ4v) is 1.69. The van der Waals surface area contributed by atoms with Crippen LogP contribution in [-0.4, -0.2) is 25.9 Å². The Morgan fingerprint density at radius 1 is 1.32 bits per heavy atom. The van der Waals surface area contributed by atoms with Crippen molar-refractivity contribution < 1.29 is 13.9 Å². The zero-order chi connectivity index (χ0) is 14.1. The largest absolute Gasteiger partial charge is 0.468 e. The summed E-state index contributed by atoms with van der Waals surface area (Å²) in [6, 6.07) is 1.97. The topological polar surface area (TPSA) is 43.6 Å². The van der Waals surface area contributed by atoms with Crippen LogP contribution in [0.1, 0.15) is 39.0 Å². The van der Waals surface area contributed by atoms with E-state index in [9.17, 15) is 0 Å². The van der Waals surface area contributed by atoms with Gasteiger partial charge in [-0.15, -0.1) is 0 Å². The van der Waals surface area contributed by atoms with E-state index in [1.165, 1.54) is 0 Å². The third-order valence-corrected chi connectivity index (χ3v) is 2.76. The highest BCUT2D eigenvalue weighted by molar-refractivity contribution is 5.15. The molecule has 0 saturated carbocycles. The van der Waals surface area contributed by atoms with Gasteiger partial charge in [-0.2, -0.15) is 0 Å². The average Bonchev–Trinajstić information content (AvgIpc) is 2.81. The fraction of sp³-hybridized carbons (Fsp3) is 0.733. The van der Waals surface area contributed by atoms with E-state index in [0.29, 0.717) is 19.1 Å². The molecule has 0 aliphatic heterocycles. The molecule has 1 N–H and O–H groups in total. The van der Waals surface area contributed by atoms with Crippen LogP contribution in [0.3, 0.4) is 0 Å². The van der Waals surface area contributed by atoms with Crippen molar-refractivity contribution in [3.8, 4) is 0 Å². The number of nitrogens with one attached hydrogen (secondary N) is 1. The average molecular weight is 269 g/mol. The molecule has 110 valence electrons. The van der Waals surface area contributed by atoms with Gasteiger partial charge in [0.25, 0.3) is 0 Å². The predicted molar refractivity (Wildman–Crippen MR) is 76.0 cm³/mol. The molecule has 0 bridgehead atoms. The van der Waals surface area contributed by atoms with Gasteiger partial charge in [0.15, 0.2) is 0 Å². The maximum Gasteiger partial charge on any atom is 0.123 e. The van der Waals surface area contributed by atoms with E-state index < -0.39 is 0 Å². The summed E-state index contributed by atoms with van der Waals surface area (Å²) >= 11 is 0. The third-order valence-electron chi connectivity index (χ3n) is 2.76. The fourth-order valence-electron chi connectivity index (χ4n) is 1.69. The van der Waals surface area contributed by atoms with Crippen molar-refractivity contribution >= 4 is 0 Å². The summed E-state index contributed by atoms with van der Waals surface area (Å²) < 4.78 is 16.6. The van der Waals surface area contributed by atoms with E-state index in [1.54, 1.807) is 6.26 Å². The van der Waals surface area contributed by atoms with Crippen LogP contribution in [-0.2, 0) is 22.6 Å². The van der Waals surface area contributed by atoms with Crippen LogP contribution >= 0.6 is 0 Å². The molecule has 1 aromatic heterocycles. The second-order valence-corrected chi connectivity index (χ2v) is 5.17. The van der Waals surface area contributed by atoms with E-state index >= 15 is 0 Å². The first-order chi connectivity index (χ1) is 9.13. The van der Waals surface area contributed by atoms with Crippen molar-refractivity contribution in [2.75, 3.05) is 19.8 Å². The van der Waals surface area contributed by atoms with Gasteiger partial charge in [-0.25, -0.2) is 0 Å². The highest BCUT2D eigenvalue weighted by Crippen LogP contribution is 2.13. The molecule has 1 aromatic rings. The van der Waals surface area contributed by atoms with Gasteiger partial charge in [-0.1, -0.05) is 13.8 Å². The lowest BCUT2D eigenvalue weighted by Crippen LogP contribution is -2.20.